The highest BCUT2D eigenvalue weighted by atomic mass is 35.5. The van der Waals surface area contributed by atoms with Crippen LogP contribution in [0.3, 0.4) is 0 Å². The van der Waals surface area contributed by atoms with Crippen molar-refractivity contribution in [2.45, 2.75) is 0 Å². The van der Waals surface area contributed by atoms with Crippen molar-refractivity contribution in [1.29, 1.82) is 0 Å². The van der Waals surface area contributed by atoms with Crippen LogP contribution in [-0.4, -0.2) is 21.6 Å². The molecule has 3 aromatic heterocycles. The quantitative estimate of drug-likeness (QED) is 0.488. The smallest absolute Gasteiger partial charge is 0.152 e. The van der Waals surface area contributed by atoms with Crippen LogP contribution in [0.5, 0.6) is 0 Å². The number of hydrogen-bond acceptors (Lipinski definition) is 5. The van der Waals surface area contributed by atoms with Crippen LogP contribution in [0.25, 0.3) is 22.4 Å². The molecule has 5 rings (SSSR count). The summed E-state index contributed by atoms with van der Waals surface area (Å²) < 4.78 is 14.6. The van der Waals surface area contributed by atoms with Crippen LogP contribution in [0.4, 0.5) is 21.6 Å². The van der Waals surface area contributed by atoms with E-state index in [1.54, 1.807) is 24.7 Å². The zero-order valence-electron chi connectivity index (χ0n) is 15.2. The fourth-order valence-electron chi connectivity index (χ4n) is 3.45. The number of hydrogen-bond donors (Lipinski definition) is 1. The zero-order chi connectivity index (χ0) is 19.8. The lowest BCUT2D eigenvalue weighted by Crippen LogP contribution is -2.16. The molecular formula is C22H15ClFN5. The summed E-state index contributed by atoms with van der Waals surface area (Å²) in [6, 6.07) is 14.9. The third-order valence-corrected chi connectivity index (χ3v) is 5.09. The lowest BCUT2D eigenvalue weighted by atomic mass is 10.00. The SMILES string of the molecule is Fc1cnccc1-c1cc2c(nc1-c1cccnc1)NCN2c1ccc(Cl)cc1. The summed E-state index contributed by atoms with van der Waals surface area (Å²) in [6.45, 7) is 0.554. The summed E-state index contributed by atoms with van der Waals surface area (Å²) in [5.41, 5.74) is 4.43. The molecule has 0 unspecified atom stereocenters. The molecule has 1 aliphatic heterocycles. The lowest BCUT2D eigenvalue weighted by molar-refractivity contribution is 0.625. The van der Waals surface area contributed by atoms with Crippen LogP contribution in [0.1, 0.15) is 0 Å². The highest BCUT2D eigenvalue weighted by Gasteiger charge is 2.25. The molecule has 29 heavy (non-hydrogen) atoms. The van der Waals surface area contributed by atoms with E-state index in [9.17, 15) is 4.39 Å². The van der Waals surface area contributed by atoms with E-state index in [4.69, 9.17) is 16.6 Å². The van der Waals surface area contributed by atoms with Crippen LogP contribution in [0.2, 0.25) is 5.02 Å². The molecule has 5 nitrogen and oxygen atoms in total. The van der Waals surface area contributed by atoms with Gasteiger partial charge >= 0.3 is 0 Å². The number of benzene rings is 1. The summed E-state index contributed by atoms with van der Waals surface area (Å²) in [5.74, 6) is 0.334. The van der Waals surface area contributed by atoms with Gasteiger partial charge in [-0.3, -0.25) is 9.97 Å². The van der Waals surface area contributed by atoms with Gasteiger partial charge in [-0.1, -0.05) is 11.6 Å². The van der Waals surface area contributed by atoms with Crippen molar-refractivity contribution in [1.82, 2.24) is 15.0 Å². The summed E-state index contributed by atoms with van der Waals surface area (Å²) in [5, 5.41) is 3.99. The van der Waals surface area contributed by atoms with Crippen molar-refractivity contribution in [2.75, 3.05) is 16.9 Å². The minimum absolute atomic E-state index is 0.400. The van der Waals surface area contributed by atoms with Gasteiger partial charge in [0.05, 0.1) is 24.2 Å². The molecule has 0 aliphatic carbocycles. The summed E-state index contributed by atoms with van der Waals surface area (Å²) >= 11 is 6.03. The Labute approximate surface area is 171 Å². The first-order valence-corrected chi connectivity index (χ1v) is 9.41. The fraction of sp³-hybridized carbons (Fsp3) is 0.0455. The van der Waals surface area contributed by atoms with Gasteiger partial charge in [-0.25, -0.2) is 9.37 Å². The first kappa shape index (κ1) is 17.6. The molecule has 4 heterocycles. The molecule has 142 valence electrons. The standard InChI is InChI=1S/C22H15ClFN5/c23-15-3-5-16(6-4-15)29-13-27-22-20(29)10-18(17-7-9-26-12-19(17)24)21(28-22)14-2-1-8-25-11-14/h1-12H,13H2,(H,27,28). The highest BCUT2D eigenvalue weighted by molar-refractivity contribution is 6.30. The van der Waals surface area contributed by atoms with Crippen molar-refractivity contribution in [3.63, 3.8) is 0 Å². The Kier molecular flexibility index (Phi) is 4.33. The van der Waals surface area contributed by atoms with Gasteiger partial charge in [0, 0.05) is 46.0 Å². The molecule has 0 saturated carbocycles. The lowest BCUT2D eigenvalue weighted by Gasteiger charge is -2.19. The maximum absolute atomic E-state index is 14.6. The number of halogens is 2. The van der Waals surface area contributed by atoms with E-state index >= 15 is 0 Å². The monoisotopic (exact) mass is 403 g/mol. The largest absolute Gasteiger partial charge is 0.351 e. The first-order valence-electron chi connectivity index (χ1n) is 9.03. The Morgan fingerprint density at radius 2 is 1.79 bits per heavy atom. The van der Waals surface area contributed by atoms with Gasteiger partial charge in [-0.05, 0) is 48.5 Å². The predicted molar refractivity (Wildman–Crippen MR) is 113 cm³/mol. The Balaban J connectivity index is 1.71. The predicted octanol–water partition coefficient (Wildman–Crippen LogP) is 5.52. The average Bonchev–Trinajstić information content (AvgIpc) is 3.17. The van der Waals surface area contributed by atoms with Crippen LogP contribution in [-0.2, 0) is 0 Å². The Morgan fingerprint density at radius 1 is 0.966 bits per heavy atom. The molecule has 0 radical (unpaired) electrons. The van der Waals surface area contributed by atoms with Gasteiger partial charge in [0.25, 0.3) is 0 Å². The number of fused-ring (bicyclic) bond motifs is 1. The van der Waals surface area contributed by atoms with Crippen LogP contribution in [0, 0.1) is 5.82 Å². The molecular weight excluding hydrogens is 389 g/mol. The van der Waals surface area contributed by atoms with Crippen molar-refractivity contribution in [2.24, 2.45) is 0 Å². The molecule has 1 aromatic carbocycles. The van der Waals surface area contributed by atoms with Crippen LogP contribution < -0.4 is 10.2 Å². The van der Waals surface area contributed by atoms with E-state index in [-0.39, 0.29) is 0 Å². The summed E-state index contributed by atoms with van der Waals surface area (Å²) in [6.07, 6.45) is 6.21. The second-order valence-electron chi connectivity index (χ2n) is 6.59. The number of anilines is 3. The van der Waals surface area contributed by atoms with Crippen LogP contribution in [0.15, 0.2) is 73.3 Å². The van der Waals surface area contributed by atoms with E-state index in [0.717, 1.165) is 22.8 Å². The second-order valence-corrected chi connectivity index (χ2v) is 7.03. The number of aromatic nitrogens is 3. The van der Waals surface area contributed by atoms with Crippen molar-refractivity contribution < 1.29 is 4.39 Å². The number of nitrogens with zero attached hydrogens (tertiary/aromatic N) is 4. The topological polar surface area (TPSA) is 53.9 Å². The molecule has 4 aromatic rings. The Hall–Kier alpha value is -3.51. The van der Waals surface area contributed by atoms with Gasteiger partial charge in [0.15, 0.2) is 5.82 Å². The minimum Gasteiger partial charge on any atom is -0.351 e. The van der Waals surface area contributed by atoms with Gasteiger partial charge in [0.2, 0.25) is 0 Å². The van der Waals surface area contributed by atoms with Crippen molar-refractivity contribution in [3.8, 4) is 22.4 Å². The summed E-state index contributed by atoms with van der Waals surface area (Å²) in [7, 11) is 0. The summed E-state index contributed by atoms with van der Waals surface area (Å²) in [4.78, 5) is 15.0. The first-order chi connectivity index (χ1) is 14.2. The molecule has 0 bridgehead atoms. The normalized spacial score (nSPS) is 12.6. The van der Waals surface area contributed by atoms with Gasteiger partial charge < -0.3 is 10.2 Å². The van der Waals surface area contributed by atoms with E-state index < -0.39 is 5.82 Å². The Bertz CT molecular complexity index is 1180. The maximum atomic E-state index is 14.6. The third kappa shape index (κ3) is 3.17. The molecule has 0 spiro atoms. The fourth-order valence-corrected chi connectivity index (χ4v) is 3.58. The molecule has 0 amide bonds. The van der Waals surface area contributed by atoms with E-state index in [0.29, 0.717) is 28.5 Å². The van der Waals surface area contributed by atoms with E-state index in [1.165, 1.54) is 6.20 Å². The molecule has 0 saturated heterocycles. The van der Waals surface area contributed by atoms with Gasteiger partial charge in [-0.15, -0.1) is 0 Å². The van der Waals surface area contributed by atoms with Gasteiger partial charge in [0.1, 0.15) is 5.82 Å². The van der Waals surface area contributed by atoms with E-state index in [2.05, 4.69) is 20.2 Å². The highest BCUT2D eigenvalue weighted by Crippen LogP contribution is 2.42. The molecule has 0 atom stereocenters. The number of nitrogens with one attached hydrogen (secondary N) is 1. The van der Waals surface area contributed by atoms with Crippen molar-refractivity contribution >= 4 is 28.8 Å². The average molecular weight is 404 g/mol. The number of pyridine rings is 3. The zero-order valence-corrected chi connectivity index (χ0v) is 15.9. The van der Waals surface area contributed by atoms with Crippen molar-refractivity contribution in [3.05, 3.63) is 84.2 Å². The molecule has 1 aliphatic rings. The molecule has 7 heteroatoms. The molecule has 0 fully saturated rings. The number of rotatable bonds is 3. The second kappa shape index (κ2) is 7.14. The van der Waals surface area contributed by atoms with Crippen LogP contribution >= 0.6 is 11.6 Å². The Morgan fingerprint density at radius 3 is 2.55 bits per heavy atom. The third-order valence-electron chi connectivity index (χ3n) is 4.83. The maximum Gasteiger partial charge on any atom is 0.152 e. The van der Waals surface area contributed by atoms with E-state index in [1.807, 2.05) is 42.5 Å². The minimum atomic E-state index is -0.400. The molecule has 1 N–H and O–H groups in total. The van der Waals surface area contributed by atoms with Gasteiger partial charge in [-0.2, -0.15) is 0 Å².